The topological polar surface area (TPSA) is 91.6 Å². The Balaban J connectivity index is 0. The zero-order chi connectivity index (χ0) is 23.9. The number of hydrogen-bond acceptors (Lipinski definition) is 5. The Morgan fingerprint density at radius 3 is 1.52 bits per heavy atom. The molecule has 178 valence electrons. The van der Waals surface area contributed by atoms with Gasteiger partial charge in [-0.2, -0.15) is 26.3 Å². The van der Waals surface area contributed by atoms with Crippen LogP contribution >= 0.6 is 0 Å². The van der Waals surface area contributed by atoms with Gasteiger partial charge in [-0.25, -0.2) is 16.8 Å². The summed E-state index contributed by atoms with van der Waals surface area (Å²) in [5.41, 5.74) is -12.4. The van der Waals surface area contributed by atoms with Crippen LogP contribution in [0.15, 0.2) is 0 Å². The van der Waals surface area contributed by atoms with Crippen molar-refractivity contribution in [2.45, 2.75) is 50.4 Å². The molecule has 7 nitrogen and oxygen atoms in total. The molecule has 0 unspecified atom stereocenters. The number of unbranched alkanes of at least 4 members (excludes halogenated alkanes) is 1. The number of rotatable bonds is 9. The van der Waals surface area contributed by atoms with E-state index in [1.807, 2.05) is 0 Å². The lowest BCUT2D eigenvalue weighted by Crippen LogP contribution is -2.40. The largest absolute Gasteiger partial charge is 0.480 e. The van der Waals surface area contributed by atoms with Gasteiger partial charge in [-0.1, -0.05) is 0 Å². The second kappa shape index (κ2) is 10.7. The van der Waals surface area contributed by atoms with Crippen molar-refractivity contribution in [1.82, 2.24) is 0 Å². The van der Waals surface area contributed by atoms with Crippen LogP contribution in [0, 0.1) is 0 Å². The van der Waals surface area contributed by atoms with E-state index >= 15 is 0 Å². The third kappa shape index (κ3) is 13.5. The first-order chi connectivity index (χ1) is 12.5. The van der Waals surface area contributed by atoms with Crippen LogP contribution in [0.5, 0.6) is 0 Å². The van der Waals surface area contributed by atoms with Gasteiger partial charge in [0.15, 0.2) is 28.4 Å². The molecule has 0 spiro atoms. The minimum Gasteiger partial charge on any atom is -0.421 e. The lowest BCUT2D eigenvalue weighted by Gasteiger charge is -2.28. The molecule has 0 aromatic carbocycles. The van der Waals surface area contributed by atoms with Crippen LogP contribution in [-0.2, 0) is 24.5 Å². The Morgan fingerprint density at radius 1 is 0.862 bits per heavy atom. The molecule has 0 bridgehead atoms. The highest BCUT2D eigenvalue weighted by atomic mass is 32.3. The molecule has 0 aliphatic heterocycles. The maximum atomic E-state index is 11.4. The summed E-state index contributed by atoms with van der Waals surface area (Å²) in [6.07, 6.45) is 2.50. The molecule has 0 aromatic heterocycles. The molecule has 0 aromatic rings. The Morgan fingerprint density at radius 2 is 1.24 bits per heavy atom. The normalized spacial score (nSPS) is 14.3. The number of quaternary nitrogens is 1. The molecule has 0 atom stereocenters. The summed E-state index contributed by atoms with van der Waals surface area (Å²) in [6.45, 7) is 12.4. The molecule has 0 amide bonds. The number of hydrogen-bond donors (Lipinski definition) is 0. The summed E-state index contributed by atoms with van der Waals surface area (Å²) >= 11 is 0. The number of alkyl halides is 6. The van der Waals surface area contributed by atoms with Gasteiger partial charge in [0, 0.05) is 6.61 Å². The summed E-state index contributed by atoms with van der Waals surface area (Å²) in [4.78, 5) is 0. The molecule has 29 heavy (non-hydrogen) atoms. The zero-order valence-electron chi connectivity index (χ0n) is 17.1. The highest BCUT2D eigenvalue weighted by molar-refractivity contribution is 8.13. The Labute approximate surface area is 169 Å². The molecule has 0 heterocycles. The van der Waals surface area contributed by atoms with E-state index in [1.165, 1.54) is 25.9 Å². The molecular weight excluding hydrogens is 470 g/mol. The van der Waals surface area contributed by atoms with Crippen LogP contribution in [0.3, 0.4) is 0 Å². The fraction of sp³-hybridized carbons (Fsp3) is 1.00. The van der Waals surface area contributed by atoms with Gasteiger partial charge in [-0.05, 0) is 39.4 Å². The van der Waals surface area contributed by atoms with Gasteiger partial charge >= 0.3 is 11.0 Å². The summed E-state index contributed by atoms with van der Waals surface area (Å²) in [5.74, 6) is 0. The predicted molar refractivity (Wildman–Crippen MR) is 99.4 cm³/mol. The smallest absolute Gasteiger partial charge is 0.421 e. The zero-order valence-corrected chi connectivity index (χ0v) is 19.7. The SMILES string of the molecule is CC[N+](C)(C)CCCCO[Si](C)(C)C.O=S(=O)([N-]S(=O)(=O)C(F)(F)F)C(F)(F)F. The number of halogens is 6. The van der Waals surface area contributed by atoms with E-state index in [9.17, 15) is 43.2 Å². The van der Waals surface area contributed by atoms with E-state index in [4.69, 9.17) is 4.43 Å². The highest BCUT2D eigenvalue weighted by Gasteiger charge is 2.46. The van der Waals surface area contributed by atoms with Crippen LogP contribution in [0.25, 0.3) is 4.13 Å². The van der Waals surface area contributed by atoms with Gasteiger partial charge in [0.05, 0.1) is 27.2 Å². The molecule has 0 radical (unpaired) electrons. The predicted octanol–water partition coefficient (Wildman–Crippen LogP) is 3.77. The van der Waals surface area contributed by atoms with Crippen molar-refractivity contribution in [2.75, 3.05) is 33.8 Å². The Kier molecular flexibility index (Phi) is 11.4. The summed E-state index contributed by atoms with van der Waals surface area (Å²) in [5, 5.41) is 0. The maximum Gasteiger partial charge on any atom is 0.480 e. The van der Waals surface area contributed by atoms with Gasteiger partial charge in [-0.3, -0.25) is 0 Å². The van der Waals surface area contributed by atoms with E-state index in [0.717, 1.165) is 15.2 Å². The average molecular weight is 499 g/mol. The Hall–Kier alpha value is -0.423. The fourth-order valence-electron chi connectivity index (χ4n) is 1.39. The molecule has 0 aliphatic carbocycles. The van der Waals surface area contributed by atoms with Gasteiger partial charge in [0.25, 0.3) is 0 Å². The lowest BCUT2D eigenvalue weighted by molar-refractivity contribution is -0.888. The lowest BCUT2D eigenvalue weighted by atomic mass is 10.3. The van der Waals surface area contributed by atoms with Crippen molar-refractivity contribution in [3.8, 4) is 0 Å². The first-order valence-electron chi connectivity index (χ1n) is 8.30. The molecule has 16 heteroatoms. The fourth-order valence-corrected chi connectivity index (χ4v) is 3.86. The van der Waals surface area contributed by atoms with Crippen LogP contribution in [0.2, 0.25) is 19.6 Å². The van der Waals surface area contributed by atoms with Crippen molar-refractivity contribution < 1.29 is 52.1 Å². The molecule has 0 rings (SSSR count). The minimum absolute atomic E-state index is 0.778. The van der Waals surface area contributed by atoms with Crippen molar-refractivity contribution >= 4 is 28.4 Å². The Bertz CT molecular complexity index is 659. The van der Waals surface area contributed by atoms with Gasteiger partial charge in [0.2, 0.25) is 0 Å². The molecule has 0 saturated carbocycles. The van der Waals surface area contributed by atoms with E-state index in [0.29, 0.717) is 0 Å². The van der Waals surface area contributed by atoms with E-state index in [-0.39, 0.29) is 0 Å². The van der Waals surface area contributed by atoms with Crippen molar-refractivity contribution in [2.24, 2.45) is 0 Å². The van der Waals surface area contributed by atoms with Crippen LogP contribution in [0.4, 0.5) is 26.3 Å². The second-order valence-electron chi connectivity index (χ2n) is 7.56. The molecule has 0 aliphatic rings. The van der Waals surface area contributed by atoms with Crippen LogP contribution < -0.4 is 0 Å². The molecule has 0 fully saturated rings. The van der Waals surface area contributed by atoms with E-state index in [2.05, 4.69) is 40.7 Å². The molecule has 0 N–H and O–H groups in total. The molecule has 0 saturated heterocycles. The third-order valence-electron chi connectivity index (χ3n) is 3.33. The van der Waals surface area contributed by atoms with Crippen LogP contribution in [-0.4, -0.2) is 74.4 Å². The van der Waals surface area contributed by atoms with Gasteiger partial charge in [-0.15, -0.1) is 0 Å². The van der Waals surface area contributed by atoms with Gasteiger partial charge in [0.1, 0.15) is 0 Å². The third-order valence-corrected chi connectivity index (χ3v) is 7.14. The summed E-state index contributed by atoms with van der Waals surface area (Å²) in [7, 11) is -10.1. The first kappa shape index (κ1) is 30.8. The standard InChI is InChI=1S/C11H28NOSi.C2F6NO4S2/c1-7-12(2,3)10-8-9-11-13-14(4,5)6;3-1(4,5)14(10,11)9-15(12,13)2(6,7)8/h7-11H2,1-6H3;/q+1;-1. The monoisotopic (exact) mass is 498 g/mol. The quantitative estimate of drug-likeness (QED) is 0.209. The van der Waals surface area contributed by atoms with Crippen molar-refractivity contribution in [3.05, 3.63) is 4.13 Å². The summed E-state index contributed by atoms with van der Waals surface area (Å²) in [6, 6.07) is 0. The number of nitrogens with zero attached hydrogens (tertiary/aromatic N) is 2. The maximum absolute atomic E-state index is 11.4. The van der Waals surface area contributed by atoms with Crippen molar-refractivity contribution in [1.29, 1.82) is 0 Å². The average Bonchev–Trinajstić information content (AvgIpc) is 2.42. The number of sulfonamides is 2. The summed E-state index contributed by atoms with van der Waals surface area (Å²) < 4.78 is 116. The highest BCUT2D eigenvalue weighted by Crippen LogP contribution is 2.36. The first-order valence-corrected chi connectivity index (χ1v) is 14.6. The molecular formula is C13H28F6N2O5S2Si. The van der Waals surface area contributed by atoms with Crippen molar-refractivity contribution in [3.63, 3.8) is 0 Å². The van der Waals surface area contributed by atoms with E-state index < -0.39 is 39.4 Å². The van der Waals surface area contributed by atoms with Crippen LogP contribution in [0.1, 0.15) is 19.8 Å². The van der Waals surface area contributed by atoms with Gasteiger partial charge < -0.3 is 13.0 Å². The second-order valence-corrected chi connectivity index (χ2v) is 15.5. The van der Waals surface area contributed by atoms with E-state index in [1.54, 1.807) is 0 Å². The minimum atomic E-state index is -6.72.